The minimum atomic E-state index is -3.19. The van der Waals surface area contributed by atoms with Crippen molar-refractivity contribution in [2.45, 2.75) is 25.5 Å². The van der Waals surface area contributed by atoms with Gasteiger partial charge in [-0.3, -0.25) is 0 Å². The van der Waals surface area contributed by atoms with Gasteiger partial charge in [0.1, 0.15) is 3.81 Å². The molecule has 0 saturated heterocycles. The average Bonchev–Trinajstić information content (AvgIpc) is 1.62. The van der Waals surface area contributed by atoms with Gasteiger partial charge in [0.05, 0.1) is 4.75 Å². The van der Waals surface area contributed by atoms with Gasteiger partial charge in [0.2, 0.25) is 0 Å². The van der Waals surface area contributed by atoms with Crippen molar-refractivity contribution in [2.24, 2.45) is 0 Å². The molecule has 0 aliphatic carbocycles. The summed E-state index contributed by atoms with van der Waals surface area (Å²) in [7, 11) is -3.19. The lowest BCUT2D eigenvalue weighted by molar-refractivity contribution is 0.569. The molecule has 0 spiro atoms. The van der Waals surface area contributed by atoms with Crippen molar-refractivity contribution in [3.05, 3.63) is 10.4 Å². The van der Waals surface area contributed by atoms with Crippen LogP contribution in [0.5, 0.6) is 0 Å². The van der Waals surface area contributed by atoms with E-state index in [0.29, 0.717) is 0 Å². The maximum atomic E-state index is 11.2. The van der Waals surface area contributed by atoms with Crippen LogP contribution in [0.3, 0.4) is 0 Å². The lowest BCUT2D eigenvalue weighted by Crippen LogP contribution is -2.27. The van der Waals surface area contributed by atoms with Crippen LogP contribution in [0.1, 0.15) is 20.8 Å². The SMILES string of the molecule is C=C(Br)S(=O)(=O)C(C)(C)C. The maximum Gasteiger partial charge on any atom is 0.189 e. The first kappa shape index (κ1) is 10.2. The van der Waals surface area contributed by atoms with Crippen LogP contribution in [-0.4, -0.2) is 13.2 Å². The van der Waals surface area contributed by atoms with E-state index in [9.17, 15) is 8.42 Å². The quantitative estimate of drug-likeness (QED) is 0.687. The second-order valence-electron chi connectivity index (χ2n) is 2.97. The Morgan fingerprint density at radius 1 is 1.40 bits per heavy atom. The molecule has 0 heterocycles. The maximum absolute atomic E-state index is 11.2. The number of halogens is 1. The van der Waals surface area contributed by atoms with Crippen molar-refractivity contribution in [1.29, 1.82) is 0 Å². The molecule has 0 aliphatic heterocycles. The molecule has 0 fully saturated rings. The van der Waals surface area contributed by atoms with E-state index < -0.39 is 14.6 Å². The number of rotatable bonds is 1. The zero-order valence-corrected chi connectivity index (χ0v) is 8.71. The highest BCUT2D eigenvalue weighted by atomic mass is 79.9. The minimum absolute atomic E-state index is 0.0486. The largest absolute Gasteiger partial charge is 0.223 e. The molecule has 0 aromatic carbocycles. The number of sulfone groups is 1. The molecular formula is C6H11BrO2S. The molecule has 0 amide bonds. The van der Waals surface area contributed by atoms with Gasteiger partial charge in [-0.25, -0.2) is 8.42 Å². The summed E-state index contributed by atoms with van der Waals surface area (Å²) in [5, 5.41) is 0. The average molecular weight is 227 g/mol. The van der Waals surface area contributed by atoms with E-state index in [4.69, 9.17) is 0 Å². The van der Waals surface area contributed by atoms with Gasteiger partial charge in [-0.2, -0.15) is 0 Å². The van der Waals surface area contributed by atoms with Crippen LogP contribution >= 0.6 is 15.9 Å². The molecule has 0 unspecified atom stereocenters. The standard InChI is InChI=1S/C6H11BrO2S/c1-5(7)10(8,9)6(2,3)4/h1H2,2-4H3. The van der Waals surface area contributed by atoms with Crippen LogP contribution < -0.4 is 0 Å². The van der Waals surface area contributed by atoms with Crippen LogP contribution in [0.15, 0.2) is 10.4 Å². The zero-order chi connectivity index (χ0) is 8.58. The topological polar surface area (TPSA) is 34.1 Å². The van der Waals surface area contributed by atoms with Gasteiger partial charge < -0.3 is 0 Å². The molecule has 0 aliphatic rings. The molecule has 0 radical (unpaired) electrons. The monoisotopic (exact) mass is 226 g/mol. The molecule has 0 saturated carbocycles. The first-order chi connectivity index (χ1) is 4.19. The van der Waals surface area contributed by atoms with E-state index in [-0.39, 0.29) is 3.81 Å². The van der Waals surface area contributed by atoms with E-state index in [2.05, 4.69) is 22.5 Å². The molecule has 10 heavy (non-hydrogen) atoms. The first-order valence-electron chi connectivity index (χ1n) is 2.78. The van der Waals surface area contributed by atoms with Crippen LogP contribution in [0.4, 0.5) is 0 Å². The van der Waals surface area contributed by atoms with E-state index in [1.165, 1.54) is 0 Å². The molecular weight excluding hydrogens is 216 g/mol. The Morgan fingerprint density at radius 2 is 1.70 bits per heavy atom. The van der Waals surface area contributed by atoms with E-state index in [0.717, 1.165) is 0 Å². The third-order valence-electron chi connectivity index (χ3n) is 1.10. The molecule has 60 valence electrons. The van der Waals surface area contributed by atoms with Crippen molar-refractivity contribution < 1.29 is 8.42 Å². The molecule has 0 aromatic rings. The molecule has 0 rings (SSSR count). The summed E-state index contributed by atoms with van der Waals surface area (Å²) in [6, 6.07) is 0. The van der Waals surface area contributed by atoms with Crippen molar-refractivity contribution >= 4 is 25.8 Å². The van der Waals surface area contributed by atoms with Crippen molar-refractivity contribution in [1.82, 2.24) is 0 Å². The van der Waals surface area contributed by atoms with Gasteiger partial charge in [-0.1, -0.05) is 6.58 Å². The van der Waals surface area contributed by atoms with E-state index in [1.54, 1.807) is 20.8 Å². The summed E-state index contributed by atoms with van der Waals surface area (Å²) in [6.07, 6.45) is 0. The highest BCUT2D eigenvalue weighted by Gasteiger charge is 2.30. The second kappa shape index (κ2) is 2.66. The van der Waals surface area contributed by atoms with Crippen LogP contribution in [0.25, 0.3) is 0 Å². The first-order valence-corrected chi connectivity index (χ1v) is 5.06. The minimum Gasteiger partial charge on any atom is -0.223 e. The Balaban J connectivity index is 4.98. The number of hydrogen-bond acceptors (Lipinski definition) is 2. The van der Waals surface area contributed by atoms with Gasteiger partial charge in [0.15, 0.2) is 9.84 Å². The van der Waals surface area contributed by atoms with Gasteiger partial charge in [-0.15, -0.1) is 0 Å². The van der Waals surface area contributed by atoms with E-state index in [1.807, 2.05) is 0 Å². The highest BCUT2D eigenvalue weighted by Crippen LogP contribution is 2.25. The van der Waals surface area contributed by atoms with Crippen LogP contribution in [0.2, 0.25) is 0 Å². The Bertz CT molecular complexity index is 233. The predicted octanol–water partition coefficient (Wildman–Crippen LogP) is 2.07. The molecule has 0 N–H and O–H groups in total. The fraction of sp³-hybridized carbons (Fsp3) is 0.667. The Kier molecular flexibility index (Phi) is 2.70. The molecule has 0 bridgehead atoms. The fourth-order valence-corrected chi connectivity index (χ4v) is 2.45. The summed E-state index contributed by atoms with van der Waals surface area (Å²) < 4.78 is 21.7. The fourth-order valence-electron chi connectivity index (χ4n) is 0.332. The number of hydrogen-bond donors (Lipinski definition) is 0. The normalized spacial score (nSPS) is 13.2. The summed E-state index contributed by atoms with van der Waals surface area (Å²) >= 11 is 2.85. The zero-order valence-electron chi connectivity index (χ0n) is 6.31. The van der Waals surface area contributed by atoms with Gasteiger partial charge in [0.25, 0.3) is 0 Å². The van der Waals surface area contributed by atoms with Gasteiger partial charge in [-0.05, 0) is 36.7 Å². The summed E-state index contributed by atoms with van der Waals surface area (Å²) in [4.78, 5) is 0. The second-order valence-corrected chi connectivity index (χ2v) is 7.18. The Labute approximate surface area is 70.4 Å². The smallest absolute Gasteiger partial charge is 0.189 e. The predicted molar refractivity (Wildman–Crippen MR) is 46.7 cm³/mol. The third kappa shape index (κ3) is 1.83. The molecule has 0 atom stereocenters. The van der Waals surface area contributed by atoms with Crippen molar-refractivity contribution in [3.63, 3.8) is 0 Å². The van der Waals surface area contributed by atoms with E-state index >= 15 is 0 Å². The summed E-state index contributed by atoms with van der Waals surface area (Å²) in [5.74, 6) is 0. The van der Waals surface area contributed by atoms with Crippen molar-refractivity contribution in [2.75, 3.05) is 0 Å². The van der Waals surface area contributed by atoms with Gasteiger partial charge in [0, 0.05) is 0 Å². The van der Waals surface area contributed by atoms with Crippen LogP contribution in [-0.2, 0) is 9.84 Å². The van der Waals surface area contributed by atoms with Gasteiger partial charge >= 0.3 is 0 Å². The lowest BCUT2D eigenvalue weighted by atomic mass is 10.3. The van der Waals surface area contributed by atoms with Crippen molar-refractivity contribution in [3.8, 4) is 0 Å². The Morgan fingerprint density at radius 3 is 1.70 bits per heavy atom. The molecule has 4 heteroatoms. The highest BCUT2D eigenvalue weighted by molar-refractivity contribution is 9.13. The third-order valence-corrected chi connectivity index (χ3v) is 4.57. The molecule has 0 aromatic heterocycles. The van der Waals surface area contributed by atoms with Crippen LogP contribution in [0, 0.1) is 0 Å². The Hall–Kier alpha value is 0.170. The lowest BCUT2D eigenvalue weighted by Gasteiger charge is -2.17. The summed E-state index contributed by atoms with van der Waals surface area (Å²) in [6.45, 7) is 8.22. The summed E-state index contributed by atoms with van der Waals surface area (Å²) in [5.41, 5.74) is 0. The molecule has 2 nitrogen and oxygen atoms in total.